The third kappa shape index (κ3) is 3.07. The Morgan fingerprint density at radius 3 is 2.35 bits per heavy atom. The van der Waals surface area contributed by atoms with Gasteiger partial charge in [0.05, 0.1) is 16.3 Å². The number of carbonyl (C=O) groups excluding carboxylic acids is 1. The summed E-state index contributed by atoms with van der Waals surface area (Å²) in [6, 6.07) is 5.20. The van der Waals surface area contributed by atoms with E-state index in [-0.39, 0.29) is 11.4 Å². The van der Waals surface area contributed by atoms with Crippen molar-refractivity contribution in [3.63, 3.8) is 0 Å². The fraction of sp³-hybridized carbons (Fsp3) is 0.533. The van der Waals surface area contributed by atoms with Crippen molar-refractivity contribution < 1.29 is 4.79 Å². The summed E-state index contributed by atoms with van der Waals surface area (Å²) in [7, 11) is 0. The molecule has 5 heteroatoms. The molecule has 0 bridgehead atoms. The number of nitrogens with two attached hydrogens (primary N) is 1. The maximum Gasteiger partial charge on any atom is 0.256 e. The number of amides is 1. The van der Waals surface area contributed by atoms with E-state index in [4.69, 9.17) is 17.3 Å². The molecule has 1 amide bonds. The lowest BCUT2D eigenvalue weighted by Gasteiger charge is -2.42. The predicted octanol–water partition coefficient (Wildman–Crippen LogP) is 2.48. The zero-order valence-corrected chi connectivity index (χ0v) is 13.1. The SMILES string of the molecule is CC(C)(C)N1CCN(C(=O)c2cccc(Cl)c2N)CC1. The van der Waals surface area contributed by atoms with Crippen LogP contribution < -0.4 is 5.73 Å². The summed E-state index contributed by atoms with van der Waals surface area (Å²) in [5.74, 6) is -0.0291. The second-order valence-electron chi connectivity index (χ2n) is 6.15. The minimum absolute atomic E-state index is 0.0291. The van der Waals surface area contributed by atoms with Crippen molar-refractivity contribution in [2.45, 2.75) is 26.3 Å². The first-order chi connectivity index (χ1) is 9.30. The van der Waals surface area contributed by atoms with Gasteiger partial charge in [-0.25, -0.2) is 0 Å². The molecule has 0 aliphatic carbocycles. The minimum atomic E-state index is -0.0291. The number of rotatable bonds is 1. The first-order valence-corrected chi connectivity index (χ1v) is 7.27. The number of anilines is 1. The molecule has 4 nitrogen and oxygen atoms in total. The first-order valence-electron chi connectivity index (χ1n) is 6.89. The summed E-state index contributed by atoms with van der Waals surface area (Å²) >= 11 is 5.98. The van der Waals surface area contributed by atoms with E-state index in [0.717, 1.165) is 26.2 Å². The fourth-order valence-corrected chi connectivity index (χ4v) is 2.65. The Balaban J connectivity index is 2.07. The molecule has 2 N–H and O–H groups in total. The lowest BCUT2D eigenvalue weighted by atomic mass is 10.0. The number of nitrogens with zero attached hydrogens (tertiary/aromatic N) is 2. The molecule has 0 unspecified atom stereocenters. The van der Waals surface area contributed by atoms with Gasteiger partial charge < -0.3 is 10.6 Å². The Bertz CT molecular complexity index is 502. The summed E-state index contributed by atoms with van der Waals surface area (Å²) in [5.41, 5.74) is 6.91. The van der Waals surface area contributed by atoms with E-state index in [1.165, 1.54) is 0 Å². The molecule has 1 saturated heterocycles. The molecular weight excluding hydrogens is 274 g/mol. The first kappa shape index (κ1) is 15.1. The number of hydrogen-bond donors (Lipinski definition) is 1. The molecule has 20 heavy (non-hydrogen) atoms. The van der Waals surface area contributed by atoms with E-state index in [1.807, 2.05) is 4.90 Å². The van der Waals surface area contributed by atoms with E-state index in [0.29, 0.717) is 16.3 Å². The van der Waals surface area contributed by atoms with Crippen LogP contribution in [0, 0.1) is 0 Å². The van der Waals surface area contributed by atoms with E-state index in [1.54, 1.807) is 18.2 Å². The van der Waals surface area contributed by atoms with E-state index < -0.39 is 0 Å². The second-order valence-corrected chi connectivity index (χ2v) is 6.56. The molecule has 0 atom stereocenters. The standard InChI is InChI=1S/C15H22ClN3O/c1-15(2,3)19-9-7-18(8-10-19)14(20)11-5-4-6-12(16)13(11)17/h4-6H,7-10,17H2,1-3H3. The number of carbonyl (C=O) groups is 1. The summed E-state index contributed by atoms with van der Waals surface area (Å²) < 4.78 is 0. The zero-order chi connectivity index (χ0) is 14.9. The van der Waals surface area contributed by atoms with Gasteiger partial charge in [-0.3, -0.25) is 9.69 Å². The fourth-order valence-electron chi connectivity index (χ4n) is 2.47. The van der Waals surface area contributed by atoms with Crippen molar-refractivity contribution in [3.05, 3.63) is 28.8 Å². The molecule has 1 aromatic carbocycles. The molecule has 0 aromatic heterocycles. The summed E-state index contributed by atoms with van der Waals surface area (Å²) in [4.78, 5) is 16.7. The quantitative estimate of drug-likeness (QED) is 0.810. The number of nitrogen functional groups attached to an aromatic ring is 1. The molecule has 1 aromatic rings. The van der Waals surface area contributed by atoms with Crippen LogP contribution in [0.4, 0.5) is 5.69 Å². The van der Waals surface area contributed by atoms with Gasteiger partial charge in [-0.2, -0.15) is 0 Å². The van der Waals surface area contributed by atoms with Crippen molar-refractivity contribution >= 4 is 23.2 Å². The van der Waals surface area contributed by atoms with Crippen LogP contribution in [-0.4, -0.2) is 47.4 Å². The lowest BCUT2D eigenvalue weighted by molar-refractivity contribution is 0.0452. The normalized spacial score (nSPS) is 17.3. The van der Waals surface area contributed by atoms with Crippen molar-refractivity contribution in [2.24, 2.45) is 0 Å². The Hall–Kier alpha value is -1.26. The van der Waals surface area contributed by atoms with Gasteiger partial charge >= 0.3 is 0 Å². The largest absolute Gasteiger partial charge is 0.397 e. The monoisotopic (exact) mass is 295 g/mol. The maximum absolute atomic E-state index is 12.5. The van der Waals surface area contributed by atoms with Gasteiger partial charge in [0.2, 0.25) is 0 Å². The molecule has 0 spiro atoms. The Labute approximate surface area is 125 Å². The van der Waals surface area contributed by atoms with Crippen LogP contribution in [0.25, 0.3) is 0 Å². The molecule has 1 aliphatic heterocycles. The van der Waals surface area contributed by atoms with Crippen LogP contribution in [0.1, 0.15) is 31.1 Å². The van der Waals surface area contributed by atoms with Crippen LogP contribution >= 0.6 is 11.6 Å². The van der Waals surface area contributed by atoms with Crippen molar-refractivity contribution in [1.29, 1.82) is 0 Å². The average Bonchev–Trinajstić information content (AvgIpc) is 2.40. The highest BCUT2D eigenvalue weighted by atomic mass is 35.5. The molecule has 1 heterocycles. The molecule has 1 aliphatic rings. The highest BCUT2D eigenvalue weighted by molar-refractivity contribution is 6.33. The topological polar surface area (TPSA) is 49.6 Å². The van der Waals surface area contributed by atoms with Gasteiger partial charge in [0.1, 0.15) is 0 Å². The van der Waals surface area contributed by atoms with Crippen LogP contribution in [0.5, 0.6) is 0 Å². The van der Waals surface area contributed by atoms with Crippen molar-refractivity contribution in [1.82, 2.24) is 9.80 Å². The van der Waals surface area contributed by atoms with Crippen molar-refractivity contribution in [2.75, 3.05) is 31.9 Å². The highest BCUT2D eigenvalue weighted by Crippen LogP contribution is 2.24. The van der Waals surface area contributed by atoms with Gasteiger partial charge in [0.25, 0.3) is 5.91 Å². The van der Waals surface area contributed by atoms with Crippen LogP contribution in [0.15, 0.2) is 18.2 Å². The molecule has 2 rings (SSSR count). The number of halogens is 1. The third-order valence-electron chi connectivity index (χ3n) is 3.80. The van der Waals surface area contributed by atoms with Gasteiger partial charge in [-0.05, 0) is 32.9 Å². The van der Waals surface area contributed by atoms with Gasteiger partial charge in [-0.15, -0.1) is 0 Å². The summed E-state index contributed by atoms with van der Waals surface area (Å²) in [5, 5.41) is 0.434. The number of benzene rings is 1. The molecule has 0 saturated carbocycles. The molecule has 0 radical (unpaired) electrons. The number of para-hydroxylation sites is 1. The van der Waals surface area contributed by atoms with E-state index in [2.05, 4.69) is 25.7 Å². The van der Waals surface area contributed by atoms with Crippen LogP contribution in [-0.2, 0) is 0 Å². The Kier molecular flexibility index (Phi) is 4.25. The molecule has 1 fully saturated rings. The summed E-state index contributed by atoms with van der Waals surface area (Å²) in [6.45, 7) is 9.80. The zero-order valence-electron chi connectivity index (χ0n) is 12.3. The van der Waals surface area contributed by atoms with Crippen LogP contribution in [0.2, 0.25) is 5.02 Å². The van der Waals surface area contributed by atoms with Gasteiger partial charge in [0, 0.05) is 31.7 Å². The van der Waals surface area contributed by atoms with Gasteiger partial charge in [0.15, 0.2) is 0 Å². The second kappa shape index (κ2) is 5.62. The summed E-state index contributed by atoms with van der Waals surface area (Å²) in [6.07, 6.45) is 0. The average molecular weight is 296 g/mol. The minimum Gasteiger partial charge on any atom is -0.397 e. The lowest BCUT2D eigenvalue weighted by Crippen LogP contribution is -2.54. The maximum atomic E-state index is 12.5. The Morgan fingerprint density at radius 1 is 1.20 bits per heavy atom. The van der Waals surface area contributed by atoms with Crippen LogP contribution in [0.3, 0.4) is 0 Å². The highest BCUT2D eigenvalue weighted by Gasteiger charge is 2.28. The van der Waals surface area contributed by atoms with Crippen molar-refractivity contribution in [3.8, 4) is 0 Å². The molecular formula is C15H22ClN3O. The number of piperazine rings is 1. The van der Waals surface area contributed by atoms with E-state index >= 15 is 0 Å². The predicted molar refractivity (Wildman–Crippen MR) is 83.1 cm³/mol. The number of hydrogen-bond acceptors (Lipinski definition) is 3. The van der Waals surface area contributed by atoms with E-state index in [9.17, 15) is 4.79 Å². The third-order valence-corrected chi connectivity index (χ3v) is 4.13. The Morgan fingerprint density at radius 2 is 1.80 bits per heavy atom. The smallest absolute Gasteiger partial charge is 0.256 e. The van der Waals surface area contributed by atoms with Gasteiger partial charge in [-0.1, -0.05) is 17.7 Å². The molecule has 110 valence electrons.